The highest BCUT2D eigenvalue weighted by molar-refractivity contribution is 5.99. The van der Waals surface area contributed by atoms with E-state index >= 15 is 0 Å². The average Bonchev–Trinajstić information content (AvgIpc) is 3.05. The molecule has 104 valence electrons. The molecule has 0 bridgehead atoms. The highest BCUT2D eigenvalue weighted by Gasteiger charge is 2.36. The minimum absolute atomic E-state index is 0.0257. The van der Waals surface area contributed by atoms with Crippen LogP contribution in [0.5, 0.6) is 0 Å². The van der Waals surface area contributed by atoms with Gasteiger partial charge in [-0.15, -0.1) is 0 Å². The van der Waals surface area contributed by atoms with Gasteiger partial charge in [0.05, 0.1) is 0 Å². The van der Waals surface area contributed by atoms with Gasteiger partial charge in [-0.3, -0.25) is 9.59 Å². The molecule has 0 aromatic heterocycles. The summed E-state index contributed by atoms with van der Waals surface area (Å²) in [4.78, 5) is 25.4. The van der Waals surface area contributed by atoms with Crippen molar-refractivity contribution in [2.45, 2.75) is 25.2 Å². The van der Waals surface area contributed by atoms with E-state index < -0.39 is 11.9 Å². The summed E-state index contributed by atoms with van der Waals surface area (Å²) in [6.07, 6.45) is 6.72. The van der Waals surface area contributed by atoms with Gasteiger partial charge in [0, 0.05) is 18.7 Å². The number of anilines is 1. The van der Waals surface area contributed by atoms with Gasteiger partial charge >= 0.3 is 5.97 Å². The van der Waals surface area contributed by atoms with Gasteiger partial charge in [-0.1, -0.05) is 30.4 Å². The van der Waals surface area contributed by atoms with E-state index in [-0.39, 0.29) is 12.5 Å². The molecule has 1 amide bonds. The Hall–Kier alpha value is -2.10. The molecule has 2 aliphatic rings. The fourth-order valence-electron chi connectivity index (χ4n) is 3.05. The zero-order valence-corrected chi connectivity index (χ0v) is 11.2. The van der Waals surface area contributed by atoms with Crippen LogP contribution in [0.2, 0.25) is 0 Å². The number of nitrogens with zero attached hydrogens (tertiary/aromatic N) is 1. The van der Waals surface area contributed by atoms with E-state index in [0.717, 1.165) is 24.1 Å². The van der Waals surface area contributed by atoms with E-state index in [0.29, 0.717) is 12.3 Å². The van der Waals surface area contributed by atoms with Crippen molar-refractivity contribution in [3.63, 3.8) is 0 Å². The van der Waals surface area contributed by atoms with E-state index in [1.807, 2.05) is 18.2 Å². The molecule has 1 N–H and O–H groups in total. The molecule has 3 rings (SSSR count). The summed E-state index contributed by atoms with van der Waals surface area (Å²) >= 11 is 0. The van der Waals surface area contributed by atoms with Gasteiger partial charge in [-0.05, 0) is 30.4 Å². The van der Waals surface area contributed by atoms with Crippen molar-refractivity contribution in [2.24, 2.45) is 5.92 Å². The molecule has 2 atom stereocenters. The van der Waals surface area contributed by atoms with Crippen LogP contribution >= 0.6 is 0 Å². The third kappa shape index (κ3) is 2.22. The zero-order valence-electron chi connectivity index (χ0n) is 11.2. The van der Waals surface area contributed by atoms with Gasteiger partial charge in [-0.2, -0.15) is 0 Å². The number of carbonyl (C=O) groups is 2. The Balaban J connectivity index is 1.82. The number of fused-ring (bicyclic) bond motifs is 1. The van der Waals surface area contributed by atoms with E-state index in [1.165, 1.54) is 0 Å². The Morgan fingerprint density at radius 2 is 2.10 bits per heavy atom. The second kappa shape index (κ2) is 5.12. The molecule has 0 radical (unpaired) electrons. The zero-order chi connectivity index (χ0) is 14.1. The van der Waals surface area contributed by atoms with Crippen molar-refractivity contribution in [3.8, 4) is 0 Å². The van der Waals surface area contributed by atoms with Crippen LogP contribution in [0.15, 0.2) is 36.4 Å². The van der Waals surface area contributed by atoms with Gasteiger partial charge in [-0.25, -0.2) is 0 Å². The maximum absolute atomic E-state index is 12.4. The number of benzene rings is 1. The molecule has 0 unspecified atom stereocenters. The van der Waals surface area contributed by atoms with Crippen molar-refractivity contribution in [2.75, 3.05) is 11.4 Å². The standard InChI is InChI=1S/C16H17NO3/c18-15(9-11-5-1-2-6-11)17-10-13(16(19)20)12-7-3-4-8-14(12)17/h1,3-5,7-8,11,13H,2,6,9-10H2,(H,19,20)/t11-,13-/m0/s1. The highest BCUT2D eigenvalue weighted by Crippen LogP contribution is 2.37. The van der Waals surface area contributed by atoms with Crippen LogP contribution in [-0.2, 0) is 9.59 Å². The molecule has 0 spiro atoms. The van der Waals surface area contributed by atoms with Crippen LogP contribution in [-0.4, -0.2) is 23.5 Å². The monoisotopic (exact) mass is 271 g/mol. The number of para-hydroxylation sites is 1. The highest BCUT2D eigenvalue weighted by atomic mass is 16.4. The third-order valence-corrected chi connectivity index (χ3v) is 4.12. The normalized spacial score (nSPS) is 23.9. The van der Waals surface area contributed by atoms with Crippen molar-refractivity contribution < 1.29 is 14.7 Å². The molecule has 1 aromatic carbocycles. The molecule has 0 saturated carbocycles. The van der Waals surface area contributed by atoms with Crippen LogP contribution in [0.1, 0.15) is 30.7 Å². The molecule has 0 saturated heterocycles. The number of carboxylic acid groups (broad SMARTS) is 1. The summed E-state index contributed by atoms with van der Waals surface area (Å²) in [5.74, 6) is -1.14. The van der Waals surface area contributed by atoms with Crippen LogP contribution in [0.4, 0.5) is 5.69 Å². The fraction of sp³-hybridized carbons (Fsp3) is 0.375. The number of allylic oxidation sites excluding steroid dienone is 2. The summed E-state index contributed by atoms with van der Waals surface area (Å²) in [6, 6.07) is 7.30. The third-order valence-electron chi connectivity index (χ3n) is 4.12. The molecular formula is C16H17NO3. The number of carbonyl (C=O) groups excluding carboxylic acids is 1. The smallest absolute Gasteiger partial charge is 0.312 e. The first-order valence-electron chi connectivity index (χ1n) is 6.95. The summed E-state index contributed by atoms with van der Waals surface area (Å²) in [5, 5.41) is 9.29. The predicted octanol–water partition coefficient (Wildman–Crippen LogP) is 2.56. The second-order valence-electron chi connectivity index (χ2n) is 5.42. The predicted molar refractivity (Wildman–Crippen MR) is 75.7 cm³/mol. The van der Waals surface area contributed by atoms with Crippen LogP contribution in [0, 0.1) is 5.92 Å². The Morgan fingerprint density at radius 3 is 2.80 bits per heavy atom. The Morgan fingerprint density at radius 1 is 1.30 bits per heavy atom. The molecule has 4 nitrogen and oxygen atoms in total. The number of carboxylic acids is 1. The van der Waals surface area contributed by atoms with Crippen molar-refractivity contribution >= 4 is 17.6 Å². The van der Waals surface area contributed by atoms with Crippen LogP contribution < -0.4 is 4.90 Å². The lowest BCUT2D eigenvalue weighted by molar-refractivity contribution is -0.138. The summed E-state index contributed by atoms with van der Waals surface area (Å²) in [6.45, 7) is 0.254. The van der Waals surface area contributed by atoms with Crippen LogP contribution in [0.25, 0.3) is 0 Å². The lowest BCUT2D eigenvalue weighted by Gasteiger charge is -2.19. The number of hydrogen-bond acceptors (Lipinski definition) is 2. The van der Waals surface area contributed by atoms with E-state index in [9.17, 15) is 14.7 Å². The first-order chi connectivity index (χ1) is 9.66. The topological polar surface area (TPSA) is 57.6 Å². The van der Waals surface area contributed by atoms with E-state index in [4.69, 9.17) is 0 Å². The molecule has 1 aromatic rings. The molecule has 0 fully saturated rings. The molecular weight excluding hydrogens is 254 g/mol. The van der Waals surface area contributed by atoms with Crippen molar-refractivity contribution in [1.29, 1.82) is 0 Å². The first kappa shape index (κ1) is 12.9. The van der Waals surface area contributed by atoms with Crippen molar-refractivity contribution in [3.05, 3.63) is 42.0 Å². The van der Waals surface area contributed by atoms with Gasteiger partial charge < -0.3 is 10.0 Å². The number of hydrogen-bond donors (Lipinski definition) is 1. The lowest BCUT2D eigenvalue weighted by Crippen LogP contribution is -2.32. The van der Waals surface area contributed by atoms with Gasteiger partial charge in [0.15, 0.2) is 0 Å². The van der Waals surface area contributed by atoms with Gasteiger partial charge in [0.2, 0.25) is 5.91 Å². The maximum Gasteiger partial charge on any atom is 0.312 e. The minimum Gasteiger partial charge on any atom is -0.481 e. The SMILES string of the molecule is O=C(O)[C@H]1CN(C(=O)C[C@H]2C=CCC2)c2ccccc21. The first-order valence-corrected chi connectivity index (χ1v) is 6.95. The lowest BCUT2D eigenvalue weighted by atomic mass is 10.0. The molecule has 1 heterocycles. The van der Waals surface area contributed by atoms with Crippen LogP contribution in [0.3, 0.4) is 0 Å². The Kier molecular flexibility index (Phi) is 3.30. The summed E-state index contributed by atoms with van der Waals surface area (Å²) in [7, 11) is 0. The fourth-order valence-corrected chi connectivity index (χ4v) is 3.05. The largest absolute Gasteiger partial charge is 0.481 e. The Bertz CT molecular complexity index is 579. The van der Waals surface area contributed by atoms with Gasteiger partial charge in [0.25, 0.3) is 0 Å². The molecule has 4 heteroatoms. The summed E-state index contributed by atoms with van der Waals surface area (Å²) in [5.41, 5.74) is 1.50. The second-order valence-corrected chi connectivity index (χ2v) is 5.42. The summed E-state index contributed by atoms with van der Waals surface area (Å²) < 4.78 is 0. The number of rotatable bonds is 3. The average molecular weight is 271 g/mol. The molecule has 20 heavy (non-hydrogen) atoms. The molecule has 1 aliphatic heterocycles. The van der Waals surface area contributed by atoms with Crippen molar-refractivity contribution in [1.82, 2.24) is 0 Å². The van der Waals surface area contributed by atoms with E-state index in [1.54, 1.807) is 11.0 Å². The number of aliphatic carboxylic acids is 1. The maximum atomic E-state index is 12.4. The Labute approximate surface area is 117 Å². The van der Waals surface area contributed by atoms with E-state index in [2.05, 4.69) is 12.2 Å². The quantitative estimate of drug-likeness (QED) is 0.859. The number of amides is 1. The van der Waals surface area contributed by atoms with Gasteiger partial charge in [0.1, 0.15) is 5.92 Å². The molecule has 1 aliphatic carbocycles. The minimum atomic E-state index is -0.867.